The van der Waals surface area contributed by atoms with Crippen LogP contribution in [0.4, 0.5) is 0 Å². The van der Waals surface area contributed by atoms with E-state index in [1.165, 1.54) is 25.7 Å². The Balaban J connectivity index is 1.86. The zero-order valence-corrected chi connectivity index (χ0v) is 10.2. The fraction of sp³-hybridized carbons (Fsp3) is 0.692. The van der Waals surface area contributed by atoms with Gasteiger partial charge in [-0.1, -0.05) is 19.8 Å². The van der Waals surface area contributed by atoms with Crippen molar-refractivity contribution in [1.29, 1.82) is 0 Å². The Morgan fingerprint density at radius 1 is 1.44 bits per heavy atom. The van der Waals surface area contributed by atoms with Gasteiger partial charge in [-0.2, -0.15) is 0 Å². The van der Waals surface area contributed by atoms with Crippen LogP contribution in [0.2, 0.25) is 0 Å². The van der Waals surface area contributed by atoms with Crippen LogP contribution >= 0.6 is 0 Å². The molecule has 1 heterocycles. The molecule has 2 rings (SSSR count). The second-order valence-corrected chi connectivity index (χ2v) is 4.80. The summed E-state index contributed by atoms with van der Waals surface area (Å²) in [6.45, 7) is 4.42. The van der Waals surface area contributed by atoms with Gasteiger partial charge in [-0.25, -0.2) is 0 Å². The van der Waals surface area contributed by atoms with Crippen molar-refractivity contribution in [3.8, 4) is 0 Å². The SMILES string of the molecule is CCC(CC1CC1)NC(C)c1cnccn1. The Hall–Kier alpha value is -0.960. The van der Waals surface area contributed by atoms with Crippen molar-refractivity contribution in [3.63, 3.8) is 0 Å². The summed E-state index contributed by atoms with van der Waals surface area (Å²) >= 11 is 0. The summed E-state index contributed by atoms with van der Waals surface area (Å²) in [5, 5.41) is 3.65. The van der Waals surface area contributed by atoms with Crippen LogP contribution in [0.15, 0.2) is 18.6 Å². The molecule has 1 N–H and O–H groups in total. The molecule has 0 saturated heterocycles. The lowest BCUT2D eigenvalue weighted by atomic mass is 10.1. The van der Waals surface area contributed by atoms with Crippen LogP contribution in [0.3, 0.4) is 0 Å². The van der Waals surface area contributed by atoms with Gasteiger partial charge in [0, 0.05) is 30.7 Å². The summed E-state index contributed by atoms with van der Waals surface area (Å²) in [4.78, 5) is 8.45. The van der Waals surface area contributed by atoms with Gasteiger partial charge in [0.25, 0.3) is 0 Å². The standard InChI is InChI=1S/C13H21N3/c1-3-12(8-11-4-5-11)16-10(2)13-9-14-6-7-15-13/h6-7,9-12,16H,3-5,8H2,1-2H3. The molecule has 0 bridgehead atoms. The monoisotopic (exact) mass is 219 g/mol. The second-order valence-electron chi connectivity index (χ2n) is 4.80. The van der Waals surface area contributed by atoms with Crippen molar-refractivity contribution in [1.82, 2.24) is 15.3 Å². The minimum atomic E-state index is 0.303. The predicted octanol–water partition coefficient (Wildman–Crippen LogP) is 2.71. The third-order valence-electron chi connectivity index (χ3n) is 3.32. The summed E-state index contributed by atoms with van der Waals surface area (Å²) < 4.78 is 0. The molecule has 1 aliphatic carbocycles. The third kappa shape index (κ3) is 3.27. The number of nitrogens with one attached hydrogen (secondary N) is 1. The molecule has 0 spiro atoms. The summed E-state index contributed by atoms with van der Waals surface area (Å²) in [5.41, 5.74) is 1.04. The number of nitrogens with zero attached hydrogens (tertiary/aromatic N) is 2. The van der Waals surface area contributed by atoms with Crippen LogP contribution < -0.4 is 5.32 Å². The summed E-state index contributed by atoms with van der Waals surface area (Å²) in [6.07, 6.45) is 10.7. The average molecular weight is 219 g/mol. The molecule has 0 amide bonds. The largest absolute Gasteiger partial charge is 0.306 e. The third-order valence-corrected chi connectivity index (χ3v) is 3.32. The van der Waals surface area contributed by atoms with E-state index in [2.05, 4.69) is 29.1 Å². The number of hydrogen-bond donors (Lipinski definition) is 1. The van der Waals surface area contributed by atoms with Crippen LogP contribution in [-0.2, 0) is 0 Å². The first-order valence-corrected chi connectivity index (χ1v) is 6.31. The van der Waals surface area contributed by atoms with E-state index < -0.39 is 0 Å². The second kappa shape index (κ2) is 5.39. The van der Waals surface area contributed by atoms with E-state index in [1.54, 1.807) is 12.4 Å². The Bertz CT molecular complexity index is 308. The molecular formula is C13H21N3. The molecule has 3 heteroatoms. The molecule has 1 aliphatic rings. The fourth-order valence-electron chi connectivity index (χ4n) is 2.08. The van der Waals surface area contributed by atoms with E-state index in [9.17, 15) is 0 Å². The zero-order chi connectivity index (χ0) is 11.4. The molecule has 0 radical (unpaired) electrons. The first-order valence-electron chi connectivity index (χ1n) is 6.31. The van der Waals surface area contributed by atoms with Crippen LogP contribution in [0.25, 0.3) is 0 Å². The summed E-state index contributed by atoms with van der Waals surface area (Å²) in [5.74, 6) is 0.978. The maximum absolute atomic E-state index is 4.34. The van der Waals surface area contributed by atoms with Crippen molar-refractivity contribution in [2.75, 3.05) is 0 Å². The average Bonchev–Trinajstić information content (AvgIpc) is 3.13. The van der Waals surface area contributed by atoms with E-state index in [0.29, 0.717) is 12.1 Å². The minimum absolute atomic E-state index is 0.303. The predicted molar refractivity (Wildman–Crippen MR) is 65.0 cm³/mol. The highest BCUT2D eigenvalue weighted by atomic mass is 15.0. The van der Waals surface area contributed by atoms with E-state index in [-0.39, 0.29) is 0 Å². The van der Waals surface area contributed by atoms with Crippen molar-refractivity contribution in [3.05, 3.63) is 24.3 Å². The molecule has 0 aromatic carbocycles. The Kier molecular flexibility index (Phi) is 3.88. The number of rotatable bonds is 6. The lowest BCUT2D eigenvalue weighted by molar-refractivity contribution is 0.399. The van der Waals surface area contributed by atoms with E-state index >= 15 is 0 Å². The van der Waals surface area contributed by atoms with Crippen molar-refractivity contribution >= 4 is 0 Å². The van der Waals surface area contributed by atoms with Gasteiger partial charge in [-0.3, -0.25) is 9.97 Å². The molecule has 2 atom stereocenters. The van der Waals surface area contributed by atoms with E-state index in [1.807, 2.05) is 6.20 Å². The van der Waals surface area contributed by atoms with Gasteiger partial charge in [0.2, 0.25) is 0 Å². The van der Waals surface area contributed by atoms with Gasteiger partial charge >= 0.3 is 0 Å². The van der Waals surface area contributed by atoms with Gasteiger partial charge in [0.1, 0.15) is 0 Å². The molecule has 1 fully saturated rings. The Morgan fingerprint density at radius 3 is 2.81 bits per heavy atom. The molecule has 1 saturated carbocycles. The van der Waals surface area contributed by atoms with Gasteiger partial charge in [0.15, 0.2) is 0 Å². The van der Waals surface area contributed by atoms with E-state index in [4.69, 9.17) is 0 Å². The van der Waals surface area contributed by atoms with Gasteiger partial charge in [-0.05, 0) is 25.7 Å². The maximum Gasteiger partial charge on any atom is 0.0753 e. The number of aromatic nitrogens is 2. The molecule has 16 heavy (non-hydrogen) atoms. The molecule has 2 unspecified atom stereocenters. The molecule has 88 valence electrons. The van der Waals surface area contributed by atoms with Crippen LogP contribution in [-0.4, -0.2) is 16.0 Å². The quantitative estimate of drug-likeness (QED) is 0.799. The summed E-state index contributed by atoms with van der Waals surface area (Å²) in [7, 11) is 0. The molecule has 1 aromatic heterocycles. The van der Waals surface area contributed by atoms with Gasteiger partial charge in [0.05, 0.1) is 5.69 Å². The van der Waals surface area contributed by atoms with Crippen molar-refractivity contribution in [2.45, 2.75) is 51.6 Å². The summed E-state index contributed by atoms with van der Waals surface area (Å²) in [6, 6.07) is 0.932. The maximum atomic E-state index is 4.34. The minimum Gasteiger partial charge on any atom is -0.306 e. The fourth-order valence-corrected chi connectivity index (χ4v) is 2.08. The zero-order valence-electron chi connectivity index (χ0n) is 10.2. The Morgan fingerprint density at radius 2 is 2.25 bits per heavy atom. The highest BCUT2D eigenvalue weighted by molar-refractivity contribution is 5.01. The topological polar surface area (TPSA) is 37.8 Å². The van der Waals surface area contributed by atoms with Crippen molar-refractivity contribution in [2.24, 2.45) is 5.92 Å². The van der Waals surface area contributed by atoms with Crippen molar-refractivity contribution < 1.29 is 0 Å². The van der Waals surface area contributed by atoms with Crippen LogP contribution in [0, 0.1) is 5.92 Å². The number of hydrogen-bond acceptors (Lipinski definition) is 3. The molecular weight excluding hydrogens is 198 g/mol. The normalized spacial score (nSPS) is 19.4. The van der Waals surface area contributed by atoms with Gasteiger partial charge in [-0.15, -0.1) is 0 Å². The highest BCUT2D eigenvalue weighted by Gasteiger charge is 2.25. The lowest BCUT2D eigenvalue weighted by Gasteiger charge is -2.21. The van der Waals surface area contributed by atoms with Crippen LogP contribution in [0.1, 0.15) is 51.3 Å². The highest BCUT2D eigenvalue weighted by Crippen LogP contribution is 2.34. The first-order chi connectivity index (χ1) is 7.79. The van der Waals surface area contributed by atoms with E-state index in [0.717, 1.165) is 11.6 Å². The smallest absolute Gasteiger partial charge is 0.0753 e. The lowest BCUT2D eigenvalue weighted by Crippen LogP contribution is -2.31. The van der Waals surface area contributed by atoms with Crippen LogP contribution in [0.5, 0.6) is 0 Å². The molecule has 0 aliphatic heterocycles. The molecule has 1 aromatic rings. The Labute approximate surface area is 97.7 Å². The molecule has 3 nitrogen and oxygen atoms in total. The first kappa shape index (κ1) is 11.5. The van der Waals surface area contributed by atoms with Gasteiger partial charge < -0.3 is 5.32 Å².